The number of pyridine rings is 1. The van der Waals surface area contributed by atoms with Crippen LogP contribution < -0.4 is 5.56 Å². The molecule has 5 nitrogen and oxygen atoms in total. The van der Waals surface area contributed by atoms with Gasteiger partial charge in [0.2, 0.25) is 0 Å². The number of halogens is 3. The van der Waals surface area contributed by atoms with Crippen molar-refractivity contribution in [2.45, 2.75) is 13.0 Å². The highest BCUT2D eigenvalue weighted by atomic mass is 79.9. The van der Waals surface area contributed by atoms with Crippen molar-refractivity contribution in [2.24, 2.45) is 0 Å². The van der Waals surface area contributed by atoms with Crippen LogP contribution in [0.15, 0.2) is 33.7 Å². The number of alkyl halides is 2. The number of aromatic nitrogens is 2. The van der Waals surface area contributed by atoms with Crippen LogP contribution in [-0.2, 0) is 6.54 Å². The molecule has 0 aliphatic rings. The lowest BCUT2D eigenvalue weighted by Gasteiger charge is -2.20. The molecule has 0 aliphatic heterocycles. The van der Waals surface area contributed by atoms with Gasteiger partial charge in [-0.05, 0) is 28.1 Å². The molecule has 0 aromatic carbocycles. The fourth-order valence-electron chi connectivity index (χ4n) is 2.01. The van der Waals surface area contributed by atoms with Crippen LogP contribution in [0.3, 0.4) is 0 Å². The zero-order valence-electron chi connectivity index (χ0n) is 11.0. The molecule has 2 aromatic rings. The van der Waals surface area contributed by atoms with Crippen LogP contribution in [0.5, 0.6) is 0 Å². The molecule has 2 rings (SSSR count). The number of hydrogen-bond donors (Lipinski definition) is 1. The molecule has 21 heavy (non-hydrogen) atoms. The molecular formula is C13H14BrF2N3O2. The van der Waals surface area contributed by atoms with Gasteiger partial charge >= 0.3 is 0 Å². The topological polar surface area (TPSA) is 57.8 Å². The number of aliphatic hydroxyl groups excluding tert-OH is 1. The smallest absolute Gasteiger partial charge is 0.258 e. The van der Waals surface area contributed by atoms with Crippen LogP contribution in [0, 0.1) is 0 Å². The van der Waals surface area contributed by atoms with Gasteiger partial charge in [0.15, 0.2) is 0 Å². The molecule has 0 amide bonds. The van der Waals surface area contributed by atoms with Gasteiger partial charge in [-0.3, -0.25) is 14.1 Å². The van der Waals surface area contributed by atoms with Crippen molar-refractivity contribution in [1.82, 2.24) is 14.3 Å². The summed E-state index contributed by atoms with van der Waals surface area (Å²) in [5, 5.41) is 8.91. The maximum absolute atomic E-state index is 12.5. The van der Waals surface area contributed by atoms with Crippen molar-refractivity contribution in [3.8, 4) is 0 Å². The summed E-state index contributed by atoms with van der Waals surface area (Å²) in [5.41, 5.74) is 0.565. The summed E-state index contributed by atoms with van der Waals surface area (Å²) in [6, 6.07) is 4.73. The Bertz CT molecular complexity index is 678. The highest BCUT2D eigenvalue weighted by Gasteiger charge is 2.13. The van der Waals surface area contributed by atoms with Crippen molar-refractivity contribution >= 4 is 21.6 Å². The van der Waals surface area contributed by atoms with E-state index in [0.29, 0.717) is 11.3 Å². The quantitative estimate of drug-likeness (QED) is 0.847. The molecule has 1 N–H and O–H groups in total. The SMILES string of the molecule is O=c1cc(CN(CCO)CC(F)F)nc2ccc(Br)cn12. The fourth-order valence-corrected chi connectivity index (χ4v) is 2.34. The van der Waals surface area contributed by atoms with Crippen LogP contribution >= 0.6 is 15.9 Å². The van der Waals surface area contributed by atoms with Gasteiger partial charge in [-0.2, -0.15) is 0 Å². The van der Waals surface area contributed by atoms with Crippen LogP contribution in [0.2, 0.25) is 0 Å². The van der Waals surface area contributed by atoms with Crippen molar-refractivity contribution in [3.63, 3.8) is 0 Å². The van der Waals surface area contributed by atoms with Gasteiger partial charge < -0.3 is 5.11 Å². The van der Waals surface area contributed by atoms with Crippen LogP contribution in [0.25, 0.3) is 5.65 Å². The second-order valence-electron chi connectivity index (χ2n) is 4.51. The highest BCUT2D eigenvalue weighted by Crippen LogP contribution is 2.10. The zero-order chi connectivity index (χ0) is 15.4. The monoisotopic (exact) mass is 361 g/mol. The van der Waals surface area contributed by atoms with Crippen molar-refractivity contribution in [3.05, 3.63) is 44.9 Å². The third kappa shape index (κ3) is 4.29. The molecule has 0 saturated carbocycles. The van der Waals surface area contributed by atoms with Crippen LogP contribution in [0.4, 0.5) is 8.78 Å². The number of rotatable bonds is 6. The Hall–Kier alpha value is -1.38. The van der Waals surface area contributed by atoms with E-state index in [1.54, 1.807) is 18.3 Å². The first-order valence-electron chi connectivity index (χ1n) is 6.29. The lowest BCUT2D eigenvalue weighted by molar-refractivity contribution is 0.0740. The Labute approximate surface area is 128 Å². The van der Waals surface area contributed by atoms with E-state index in [-0.39, 0.29) is 25.3 Å². The molecule has 0 unspecified atom stereocenters. The Morgan fingerprint density at radius 3 is 2.86 bits per heavy atom. The van der Waals surface area contributed by atoms with Crippen molar-refractivity contribution in [1.29, 1.82) is 0 Å². The Kier molecular flexibility index (Phi) is 5.38. The van der Waals surface area contributed by atoms with E-state index in [1.807, 2.05) is 0 Å². The maximum Gasteiger partial charge on any atom is 0.258 e. The van der Waals surface area contributed by atoms with Gasteiger partial charge in [-0.1, -0.05) is 0 Å². The van der Waals surface area contributed by atoms with E-state index in [9.17, 15) is 13.6 Å². The van der Waals surface area contributed by atoms with Gasteiger partial charge in [0.25, 0.3) is 12.0 Å². The lowest BCUT2D eigenvalue weighted by atomic mass is 10.3. The average molecular weight is 362 g/mol. The van der Waals surface area contributed by atoms with E-state index in [0.717, 1.165) is 4.47 Å². The first kappa shape index (κ1) is 16.0. The van der Waals surface area contributed by atoms with Gasteiger partial charge in [0.1, 0.15) is 5.65 Å². The molecule has 8 heteroatoms. The second-order valence-corrected chi connectivity index (χ2v) is 5.43. The van der Waals surface area contributed by atoms with Gasteiger partial charge in [-0.15, -0.1) is 0 Å². The Morgan fingerprint density at radius 1 is 1.43 bits per heavy atom. The molecule has 0 aliphatic carbocycles. The number of hydrogen-bond acceptors (Lipinski definition) is 4. The van der Waals surface area contributed by atoms with E-state index in [1.165, 1.54) is 15.4 Å². The third-order valence-corrected chi connectivity index (χ3v) is 3.34. The molecule has 0 radical (unpaired) electrons. The zero-order valence-corrected chi connectivity index (χ0v) is 12.6. The summed E-state index contributed by atoms with van der Waals surface area (Å²) in [6.07, 6.45) is -0.909. The van der Waals surface area contributed by atoms with E-state index in [4.69, 9.17) is 5.11 Å². The first-order chi connectivity index (χ1) is 9.99. The van der Waals surface area contributed by atoms with Gasteiger partial charge in [0, 0.05) is 29.8 Å². The van der Waals surface area contributed by atoms with Crippen molar-refractivity contribution in [2.75, 3.05) is 19.7 Å². The molecule has 2 aromatic heterocycles. The molecular weight excluding hydrogens is 348 g/mol. The fraction of sp³-hybridized carbons (Fsp3) is 0.385. The largest absolute Gasteiger partial charge is 0.395 e. The summed E-state index contributed by atoms with van der Waals surface area (Å²) in [4.78, 5) is 17.6. The van der Waals surface area contributed by atoms with Crippen LogP contribution in [-0.4, -0.2) is 45.5 Å². The van der Waals surface area contributed by atoms with Crippen molar-refractivity contribution < 1.29 is 13.9 Å². The normalized spacial score (nSPS) is 11.7. The number of fused-ring (bicyclic) bond motifs is 1. The maximum atomic E-state index is 12.5. The highest BCUT2D eigenvalue weighted by molar-refractivity contribution is 9.10. The summed E-state index contributed by atoms with van der Waals surface area (Å²) < 4.78 is 27.1. The summed E-state index contributed by atoms with van der Waals surface area (Å²) in [6.45, 7) is -0.507. The minimum Gasteiger partial charge on any atom is -0.395 e. The molecule has 0 atom stereocenters. The first-order valence-corrected chi connectivity index (χ1v) is 7.08. The van der Waals surface area contributed by atoms with Gasteiger partial charge in [-0.25, -0.2) is 13.8 Å². The molecule has 114 valence electrons. The third-order valence-electron chi connectivity index (χ3n) is 2.87. The molecule has 0 fully saturated rings. The van der Waals surface area contributed by atoms with E-state index < -0.39 is 13.0 Å². The summed E-state index contributed by atoms with van der Waals surface area (Å²) in [5.74, 6) is 0. The predicted molar refractivity (Wildman–Crippen MR) is 77.5 cm³/mol. The standard InChI is InChI=1S/C13H14BrF2N3O2/c14-9-1-2-12-17-10(5-13(21)19(12)6-9)7-18(3-4-20)8-11(15)16/h1-2,5-6,11,20H,3-4,7-8H2. The number of nitrogens with zero attached hydrogens (tertiary/aromatic N) is 3. The molecule has 0 saturated heterocycles. The van der Waals surface area contributed by atoms with E-state index >= 15 is 0 Å². The minimum atomic E-state index is -2.51. The average Bonchev–Trinajstić information content (AvgIpc) is 2.39. The molecule has 0 spiro atoms. The van der Waals surface area contributed by atoms with Gasteiger partial charge in [0.05, 0.1) is 18.8 Å². The van der Waals surface area contributed by atoms with E-state index in [2.05, 4.69) is 20.9 Å². The number of aliphatic hydroxyl groups is 1. The second kappa shape index (κ2) is 7.06. The van der Waals surface area contributed by atoms with Crippen LogP contribution in [0.1, 0.15) is 5.69 Å². The summed E-state index contributed by atoms with van der Waals surface area (Å²) in [7, 11) is 0. The molecule has 0 bridgehead atoms. The Morgan fingerprint density at radius 2 is 2.19 bits per heavy atom. The Balaban J connectivity index is 2.29. The summed E-state index contributed by atoms with van der Waals surface area (Å²) >= 11 is 3.27. The lowest BCUT2D eigenvalue weighted by Crippen LogP contribution is -2.32. The molecule has 2 heterocycles. The predicted octanol–water partition coefficient (Wildman–Crippen LogP) is 1.52. The minimum absolute atomic E-state index is 0.0900.